The van der Waals surface area contributed by atoms with Gasteiger partial charge in [-0.15, -0.1) is 0 Å². The van der Waals surface area contributed by atoms with Gasteiger partial charge in [0, 0.05) is 6.04 Å². The first-order chi connectivity index (χ1) is 8.51. The molecule has 1 aromatic heterocycles. The molecule has 0 aliphatic heterocycles. The summed E-state index contributed by atoms with van der Waals surface area (Å²) in [6.45, 7) is 4.55. The molecule has 3 nitrogen and oxygen atoms in total. The number of hydrogen-bond donors (Lipinski definition) is 1. The largest absolute Gasteiger partial charge is 0.367 e. The van der Waals surface area contributed by atoms with Gasteiger partial charge in [-0.3, -0.25) is 0 Å². The van der Waals surface area contributed by atoms with Crippen LogP contribution in [0.25, 0.3) is 0 Å². The van der Waals surface area contributed by atoms with E-state index in [-0.39, 0.29) is 5.41 Å². The fourth-order valence-electron chi connectivity index (χ4n) is 2.58. The molecule has 1 N–H and O–H groups in total. The third-order valence-electron chi connectivity index (χ3n) is 3.75. The van der Waals surface area contributed by atoms with Crippen molar-refractivity contribution in [2.75, 3.05) is 5.32 Å². The van der Waals surface area contributed by atoms with Gasteiger partial charge in [0.05, 0.1) is 11.6 Å². The van der Waals surface area contributed by atoms with Gasteiger partial charge in [0.1, 0.15) is 11.0 Å². The first kappa shape index (κ1) is 13.2. The maximum Gasteiger partial charge on any atom is 0.132 e. The van der Waals surface area contributed by atoms with E-state index in [1.165, 1.54) is 19.3 Å². The smallest absolute Gasteiger partial charge is 0.132 e. The first-order valence-corrected chi connectivity index (χ1v) is 6.73. The van der Waals surface area contributed by atoms with E-state index in [2.05, 4.69) is 30.2 Å². The molecule has 1 heterocycles. The Bertz CT molecular complexity index is 476. The molecular formula is C14H18ClN3. The van der Waals surface area contributed by atoms with E-state index in [9.17, 15) is 0 Å². The third-order valence-corrected chi connectivity index (χ3v) is 3.95. The van der Waals surface area contributed by atoms with Crippen molar-refractivity contribution in [1.29, 1.82) is 5.26 Å². The Labute approximate surface area is 113 Å². The van der Waals surface area contributed by atoms with Crippen LogP contribution in [0, 0.1) is 16.7 Å². The Hall–Kier alpha value is -1.27. The van der Waals surface area contributed by atoms with E-state index < -0.39 is 0 Å². The van der Waals surface area contributed by atoms with E-state index in [0.29, 0.717) is 22.6 Å². The number of hydrogen-bond acceptors (Lipinski definition) is 3. The lowest BCUT2D eigenvalue weighted by molar-refractivity contribution is 0.216. The predicted octanol–water partition coefficient (Wildman–Crippen LogP) is 3.99. The lowest BCUT2D eigenvalue weighted by Gasteiger charge is -2.39. The van der Waals surface area contributed by atoms with Crippen LogP contribution in [-0.4, -0.2) is 11.0 Å². The Morgan fingerprint density at radius 1 is 1.44 bits per heavy atom. The molecule has 1 aliphatic carbocycles. The molecule has 1 aliphatic rings. The van der Waals surface area contributed by atoms with Gasteiger partial charge in [0.15, 0.2) is 0 Å². The molecule has 18 heavy (non-hydrogen) atoms. The van der Waals surface area contributed by atoms with Crippen molar-refractivity contribution in [3.05, 3.63) is 22.8 Å². The highest BCUT2D eigenvalue weighted by Gasteiger charge is 2.32. The number of aromatic nitrogens is 1. The molecule has 96 valence electrons. The summed E-state index contributed by atoms with van der Waals surface area (Å²) in [7, 11) is 0. The van der Waals surface area contributed by atoms with Gasteiger partial charge in [-0.05, 0) is 30.4 Å². The number of anilines is 1. The number of nitriles is 1. The van der Waals surface area contributed by atoms with Gasteiger partial charge >= 0.3 is 0 Å². The van der Waals surface area contributed by atoms with Crippen molar-refractivity contribution in [3.63, 3.8) is 0 Å². The molecule has 1 unspecified atom stereocenters. The summed E-state index contributed by atoms with van der Waals surface area (Å²) in [5, 5.41) is 12.7. The monoisotopic (exact) mass is 263 g/mol. The zero-order valence-corrected chi connectivity index (χ0v) is 11.6. The molecule has 1 atom stereocenters. The zero-order valence-electron chi connectivity index (χ0n) is 10.8. The summed E-state index contributed by atoms with van der Waals surface area (Å²) in [6, 6.07) is 5.84. The van der Waals surface area contributed by atoms with Gasteiger partial charge in [-0.25, -0.2) is 4.98 Å². The molecule has 0 aromatic carbocycles. The van der Waals surface area contributed by atoms with Crippen LogP contribution in [0.1, 0.15) is 45.1 Å². The average molecular weight is 264 g/mol. The second-order valence-corrected chi connectivity index (χ2v) is 5.99. The topological polar surface area (TPSA) is 48.7 Å². The Morgan fingerprint density at radius 3 is 2.89 bits per heavy atom. The van der Waals surface area contributed by atoms with E-state index in [0.717, 1.165) is 6.42 Å². The molecule has 2 rings (SSSR count). The molecule has 1 saturated carbocycles. The standard InChI is InChI=1S/C14H18ClN3/c1-14(2)6-4-3-5-11(14)17-13-8-10(9-16)7-12(15)18-13/h7-8,11H,3-6H2,1-2H3,(H,17,18). The third kappa shape index (κ3) is 2.94. The van der Waals surface area contributed by atoms with Crippen LogP contribution in [0.15, 0.2) is 12.1 Å². The lowest BCUT2D eigenvalue weighted by atomic mass is 9.73. The van der Waals surface area contributed by atoms with E-state index in [4.69, 9.17) is 16.9 Å². The molecule has 0 radical (unpaired) electrons. The first-order valence-electron chi connectivity index (χ1n) is 6.35. The SMILES string of the molecule is CC1(C)CCCCC1Nc1cc(C#N)cc(Cl)n1. The van der Waals surface area contributed by atoms with Crippen LogP contribution in [0.4, 0.5) is 5.82 Å². The minimum atomic E-state index is 0.259. The Balaban J connectivity index is 2.18. The molecule has 0 spiro atoms. The summed E-state index contributed by atoms with van der Waals surface area (Å²) >= 11 is 5.92. The second-order valence-electron chi connectivity index (χ2n) is 5.61. The van der Waals surface area contributed by atoms with Crippen molar-refractivity contribution in [2.24, 2.45) is 5.41 Å². The number of pyridine rings is 1. The molecule has 0 amide bonds. The number of rotatable bonds is 2. The molecule has 0 bridgehead atoms. The van der Waals surface area contributed by atoms with Crippen LogP contribution in [0.2, 0.25) is 5.15 Å². The fourth-order valence-corrected chi connectivity index (χ4v) is 2.78. The normalized spacial score (nSPS) is 22.2. The van der Waals surface area contributed by atoms with Crippen LogP contribution in [0.5, 0.6) is 0 Å². The summed E-state index contributed by atoms with van der Waals surface area (Å²) in [5.41, 5.74) is 0.806. The molecule has 1 fully saturated rings. The predicted molar refractivity (Wildman–Crippen MR) is 73.6 cm³/mol. The van der Waals surface area contributed by atoms with Crippen molar-refractivity contribution < 1.29 is 0 Å². The quantitative estimate of drug-likeness (QED) is 0.821. The second kappa shape index (κ2) is 5.16. The van der Waals surface area contributed by atoms with Gasteiger partial charge in [-0.1, -0.05) is 38.3 Å². The van der Waals surface area contributed by atoms with Crippen molar-refractivity contribution in [1.82, 2.24) is 4.98 Å². The molecular weight excluding hydrogens is 246 g/mol. The Morgan fingerprint density at radius 2 is 2.22 bits per heavy atom. The summed E-state index contributed by atoms with van der Waals surface area (Å²) < 4.78 is 0. The lowest BCUT2D eigenvalue weighted by Crippen LogP contribution is -2.39. The van der Waals surface area contributed by atoms with E-state index in [1.54, 1.807) is 12.1 Å². The Kier molecular flexibility index (Phi) is 3.77. The van der Waals surface area contributed by atoms with Gasteiger partial charge < -0.3 is 5.32 Å². The fraction of sp³-hybridized carbons (Fsp3) is 0.571. The van der Waals surface area contributed by atoms with E-state index in [1.807, 2.05) is 0 Å². The average Bonchev–Trinajstić information content (AvgIpc) is 2.31. The van der Waals surface area contributed by atoms with E-state index >= 15 is 0 Å². The summed E-state index contributed by atoms with van der Waals surface area (Å²) in [5.74, 6) is 0.707. The van der Waals surface area contributed by atoms with Crippen LogP contribution < -0.4 is 5.32 Å². The number of nitrogens with one attached hydrogen (secondary N) is 1. The molecule has 4 heteroatoms. The number of nitrogens with zero attached hydrogens (tertiary/aromatic N) is 2. The van der Waals surface area contributed by atoms with Crippen LogP contribution in [0.3, 0.4) is 0 Å². The van der Waals surface area contributed by atoms with Crippen molar-refractivity contribution in [2.45, 2.75) is 45.6 Å². The highest BCUT2D eigenvalue weighted by molar-refractivity contribution is 6.29. The van der Waals surface area contributed by atoms with Crippen LogP contribution >= 0.6 is 11.6 Å². The molecule has 0 saturated heterocycles. The highest BCUT2D eigenvalue weighted by Crippen LogP contribution is 2.37. The highest BCUT2D eigenvalue weighted by atomic mass is 35.5. The summed E-state index contributed by atoms with van der Waals surface area (Å²) in [6.07, 6.45) is 4.89. The summed E-state index contributed by atoms with van der Waals surface area (Å²) in [4.78, 5) is 4.24. The van der Waals surface area contributed by atoms with Gasteiger partial charge in [-0.2, -0.15) is 5.26 Å². The van der Waals surface area contributed by atoms with Crippen LogP contribution in [-0.2, 0) is 0 Å². The maximum absolute atomic E-state index is 8.93. The van der Waals surface area contributed by atoms with Crippen molar-refractivity contribution in [3.8, 4) is 6.07 Å². The minimum absolute atomic E-state index is 0.259. The zero-order chi connectivity index (χ0) is 13.2. The van der Waals surface area contributed by atoms with Gasteiger partial charge in [0.25, 0.3) is 0 Å². The molecule has 1 aromatic rings. The van der Waals surface area contributed by atoms with Crippen molar-refractivity contribution >= 4 is 17.4 Å². The van der Waals surface area contributed by atoms with Gasteiger partial charge in [0.2, 0.25) is 0 Å². The number of halogens is 1. The maximum atomic E-state index is 8.93. The minimum Gasteiger partial charge on any atom is -0.367 e.